The van der Waals surface area contributed by atoms with E-state index in [1.807, 2.05) is 48.5 Å². The zero-order valence-corrected chi connectivity index (χ0v) is 20.6. The predicted molar refractivity (Wildman–Crippen MR) is 137 cm³/mol. The minimum absolute atomic E-state index is 0.109. The number of carbonyl (C=O) groups is 2. The molecule has 1 unspecified atom stereocenters. The lowest BCUT2D eigenvalue weighted by Gasteiger charge is -2.18. The van der Waals surface area contributed by atoms with Crippen molar-refractivity contribution in [2.75, 3.05) is 17.3 Å². The van der Waals surface area contributed by atoms with Crippen molar-refractivity contribution in [1.29, 1.82) is 5.26 Å². The van der Waals surface area contributed by atoms with Crippen LogP contribution in [0.1, 0.15) is 5.56 Å². The van der Waals surface area contributed by atoms with Gasteiger partial charge in [0.25, 0.3) is 5.91 Å². The van der Waals surface area contributed by atoms with E-state index < -0.39 is 11.2 Å². The number of hydrogen-bond acceptors (Lipinski definition) is 5. The van der Waals surface area contributed by atoms with Crippen LogP contribution in [0.3, 0.4) is 0 Å². The molecule has 1 fully saturated rings. The Morgan fingerprint density at radius 3 is 2.38 bits per heavy atom. The van der Waals surface area contributed by atoms with Crippen molar-refractivity contribution >= 4 is 50.9 Å². The number of nitriles is 1. The molecule has 3 aromatic rings. The summed E-state index contributed by atoms with van der Waals surface area (Å²) in [5.41, 5.74) is 2.01. The standard InChI is InChI=1S/C26H20BrN3O3S/c1-33-21-13-7-17(8-14-21)15-23-25(32)30(20-5-3-2-4-6-20)26(34-23)22(16-28)24(31)29-19-11-9-18(27)10-12-19/h2-14,23H,15H2,1H3,(H,29,31)/b26-22-. The SMILES string of the molecule is COc1ccc(CC2S/C(=C(/C#N)C(=O)Nc3ccc(Br)cc3)N(c3ccccc3)C2=O)cc1. The minimum atomic E-state index is -0.564. The molecule has 34 heavy (non-hydrogen) atoms. The van der Waals surface area contributed by atoms with Crippen LogP contribution >= 0.6 is 27.7 Å². The molecule has 4 rings (SSSR count). The van der Waals surface area contributed by atoms with Crippen molar-refractivity contribution < 1.29 is 14.3 Å². The maximum Gasteiger partial charge on any atom is 0.269 e. The van der Waals surface area contributed by atoms with Crippen molar-refractivity contribution in [3.8, 4) is 11.8 Å². The maximum atomic E-state index is 13.5. The first-order valence-electron chi connectivity index (χ1n) is 10.4. The van der Waals surface area contributed by atoms with E-state index in [-0.39, 0.29) is 11.5 Å². The topological polar surface area (TPSA) is 82.4 Å². The second-order valence-corrected chi connectivity index (χ2v) is 9.53. The Bertz CT molecular complexity index is 1270. The first kappa shape index (κ1) is 23.6. The van der Waals surface area contributed by atoms with Crippen LogP contribution in [-0.2, 0) is 16.0 Å². The lowest BCUT2D eigenvalue weighted by Crippen LogP contribution is -2.30. The number of nitrogens with one attached hydrogen (secondary N) is 1. The highest BCUT2D eigenvalue weighted by Gasteiger charge is 2.40. The molecule has 0 aliphatic carbocycles. The summed E-state index contributed by atoms with van der Waals surface area (Å²) in [6, 6.07) is 25.6. The molecule has 0 spiro atoms. The molecule has 1 atom stereocenters. The molecular weight excluding hydrogens is 514 g/mol. The van der Waals surface area contributed by atoms with Crippen molar-refractivity contribution in [3.05, 3.63) is 99.5 Å². The molecule has 0 radical (unpaired) electrons. The van der Waals surface area contributed by atoms with Gasteiger partial charge in [0.1, 0.15) is 22.4 Å². The Kier molecular flexibility index (Phi) is 7.36. The number of carbonyl (C=O) groups excluding carboxylic acids is 2. The van der Waals surface area contributed by atoms with E-state index in [4.69, 9.17) is 4.74 Å². The summed E-state index contributed by atoms with van der Waals surface area (Å²) in [5.74, 6) is -0.00520. The van der Waals surface area contributed by atoms with E-state index in [2.05, 4.69) is 21.2 Å². The molecule has 1 saturated heterocycles. The molecule has 1 aliphatic rings. The lowest BCUT2D eigenvalue weighted by molar-refractivity contribution is -0.117. The second kappa shape index (κ2) is 10.6. The van der Waals surface area contributed by atoms with Crippen molar-refractivity contribution in [2.45, 2.75) is 11.7 Å². The largest absolute Gasteiger partial charge is 0.497 e. The van der Waals surface area contributed by atoms with E-state index in [9.17, 15) is 14.9 Å². The minimum Gasteiger partial charge on any atom is -0.497 e. The Morgan fingerprint density at radius 2 is 1.76 bits per heavy atom. The Hall–Kier alpha value is -3.54. The van der Waals surface area contributed by atoms with Gasteiger partial charge in [-0.1, -0.05) is 58.0 Å². The van der Waals surface area contributed by atoms with Crippen LogP contribution in [0.15, 0.2) is 93.9 Å². The number of halogens is 1. The third-order valence-corrected chi connectivity index (χ3v) is 6.99. The summed E-state index contributed by atoms with van der Waals surface area (Å²) in [5, 5.41) is 12.5. The number of rotatable bonds is 6. The van der Waals surface area contributed by atoms with Gasteiger partial charge in [0, 0.05) is 15.8 Å². The number of anilines is 2. The molecule has 1 aliphatic heterocycles. The van der Waals surface area contributed by atoms with Gasteiger partial charge in [-0.3, -0.25) is 14.5 Å². The van der Waals surface area contributed by atoms with Crippen LogP contribution < -0.4 is 15.0 Å². The molecule has 0 saturated carbocycles. The third-order valence-electron chi connectivity index (χ3n) is 5.20. The van der Waals surface area contributed by atoms with Crippen molar-refractivity contribution in [3.63, 3.8) is 0 Å². The summed E-state index contributed by atoms with van der Waals surface area (Å²) in [6.07, 6.45) is 0.452. The molecule has 1 heterocycles. The maximum absolute atomic E-state index is 13.5. The van der Waals surface area contributed by atoms with E-state index in [1.54, 1.807) is 43.5 Å². The molecule has 1 N–H and O–H groups in total. The van der Waals surface area contributed by atoms with Gasteiger partial charge >= 0.3 is 0 Å². The number of ether oxygens (including phenoxy) is 1. The molecule has 6 nitrogen and oxygen atoms in total. The summed E-state index contributed by atoms with van der Waals surface area (Å²) in [6.45, 7) is 0. The van der Waals surface area contributed by atoms with E-state index in [0.29, 0.717) is 22.8 Å². The van der Waals surface area contributed by atoms with E-state index >= 15 is 0 Å². The number of nitrogens with zero attached hydrogens (tertiary/aromatic N) is 2. The fourth-order valence-electron chi connectivity index (χ4n) is 3.50. The van der Waals surface area contributed by atoms with Gasteiger partial charge in [-0.15, -0.1) is 0 Å². The molecule has 3 aromatic carbocycles. The molecule has 2 amide bonds. The van der Waals surface area contributed by atoms with Gasteiger partial charge < -0.3 is 10.1 Å². The quantitative estimate of drug-likeness (QED) is 0.333. The average Bonchev–Trinajstić information content (AvgIpc) is 3.17. The lowest BCUT2D eigenvalue weighted by atomic mass is 10.1. The second-order valence-electron chi connectivity index (χ2n) is 7.42. The summed E-state index contributed by atoms with van der Waals surface area (Å²) in [7, 11) is 1.60. The Morgan fingerprint density at radius 1 is 1.09 bits per heavy atom. The van der Waals surface area contributed by atoms with Gasteiger partial charge in [0.15, 0.2) is 0 Å². The van der Waals surface area contributed by atoms with Gasteiger partial charge in [-0.05, 0) is 60.5 Å². The van der Waals surface area contributed by atoms with Gasteiger partial charge in [-0.2, -0.15) is 5.26 Å². The summed E-state index contributed by atoms with van der Waals surface area (Å²) >= 11 is 4.60. The molecule has 0 aromatic heterocycles. The van der Waals surface area contributed by atoms with Crippen molar-refractivity contribution in [1.82, 2.24) is 0 Å². The highest BCUT2D eigenvalue weighted by atomic mass is 79.9. The van der Waals surface area contributed by atoms with Gasteiger partial charge in [0.2, 0.25) is 5.91 Å². The molecule has 8 heteroatoms. The number of methoxy groups -OCH3 is 1. The van der Waals surface area contributed by atoms with E-state index in [1.165, 1.54) is 16.7 Å². The van der Waals surface area contributed by atoms with Gasteiger partial charge in [0.05, 0.1) is 12.4 Å². The van der Waals surface area contributed by atoms with Crippen LogP contribution in [0.2, 0.25) is 0 Å². The molecule has 0 bridgehead atoms. The normalized spacial score (nSPS) is 16.7. The van der Waals surface area contributed by atoms with Crippen LogP contribution in [0.5, 0.6) is 5.75 Å². The monoisotopic (exact) mass is 533 g/mol. The fourth-order valence-corrected chi connectivity index (χ4v) is 5.07. The molecule has 170 valence electrons. The summed E-state index contributed by atoms with van der Waals surface area (Å²) in [4.78, 5) is 28.0. The first-order valence-corrected chi connectivity index (χ1v) is 12.1. The van der Waals surface area contributed by atoms with Crippen LogP contribution in [0.25, 0.3) is 0 Å². The smallest absolute Gasteiger partial charge is 0.269 e. The number of thioether (sulfide) groups is 1. The van der Waals surface area contributed by atoms with Crippen LogP contribution in [-0.4, -0.2) is 24.2 Å². The predicted octanol–water partition coefficient (Wildman–Crippen LogP) is 5.52. The van der Waals surface area contributed by atoms with Gasteiger partial charge in [-0.25, -0.2) is 0 Å². The number of para-hydroxylation sites is 1. The highest BCUT2D eigenvalue weighted by Crippen LogP contribution is 2.42. The zero-order valence-electron chi connectivity index (χ0n) is 18.2. The Balaban J connectivity index is 1.68. The Labute approximate surface area is 210 Å². The molecular formula is C26H20BrN3O3S. The van der Waals surface area contributed by atoms with Crippen LogP contribution in [0, 0.1) is 11.3 Å². The van der Waals surface area contributed by atoms with Crippen LogP contribution in [0.4, 0.5) is 11.4 Å². The van der Waals surface area contributed by atoms with E-state index in [0.717, 1.165) is 15.8 Å². The third kappa shape index (κ3) is 5.16. The highest BCUT2D eigenvalue weighted by molar-refractivity contribution is 9.10. The summed E-state index contributed by atoms with van der Waals surface area (Å²) < 4.78 is 6.08. The fraction of sp³-hybridized carbons (Fsp3) is 0.115. The van der Waals surface area contributed by atoms with Crippen molar-refractivity contribution in [2.24, 2.45) is 0 Å². The first-order chi connectivity index (χ1) is 16.5. The number of amides is 2. The number of hydrogen-bond donors (Lipinski definition) is 1. The zero-order chi connectivity index (χ0) is 24.1. The average molecular weight is 534 g/mol. The number of benzene rings is 3.